The number of carbonyl (C=O) groups excluding carboxylic acids is 1. The van der Waals surface area contributed by atoms with E-state index in [0.717, 1.165) is 37.0 Å². The Labute approximate surface area is 200 Å². The number of carbonyl (C=O) groups is 1. The first-order valence-electron chi connectivity index (χ1n) is 12.4. The van der Waals surface area contributed by atoms with Gasteiger partial charge < -0.3 is 19.3 Å². The van der Waals surface area contributed by atoms with E-state index < -0.39 is 6.10 Å². The second-order valence-electron chi connectivity index (χ2n) is 8.54. The van der Waals surface area contributed by atoms with Crippen LogP contribution in [0.1, 0.15) is 83.1 Å². The molecule has 0 radical (unpaired) electrons. The first-order chi connectivity index (χ1) is 16.0. The highest BCUT2D eigenvalue weighted by atomic mass is 16.5. The van der Waals surface area contributed by atoms with Gasteiger partial charge in [0.1, 0.15) is 11.9 Å². The zero-order valence-corrected chi connectivity index (χ0v) is 20.7. The predicted octanol–water partition coefficient (Wildman–Crippen LogP) is 6.54. The third-order valence-corrected chi connectivity index (χ3v) is 5.73. The van der Waals surface area contributed by atoms with E-state index in [2.05, 4.69) is 20.1 Å². The largest absolute Gasteiger partial charge is 0.497 e. The molecule has 0 spiro atoms. The molecule has 0 amide bonds. The first kappa shape index (κ1) is 28.9. The molecule has 33 heavy (non-hydrogen) atoms. The summed E-state index contributed by atoms with van der Waals surface area (Å²) in [6, 6.07) is 7.79. The summed E-state index contributed by atoms with van der Waals surface area (Å²) in [5.41, 5.74) is 1.06. The lowest BCUT2D eigenvalue weighted by Gasteiger charge is -2.21. The Hall–Kier alpha value is -2.11. The monoisotopic (exact) mass is 460 g/mol. The number of hydrogen-bond donors (Lipinski definition) is 1. The molecule has 0 heterocycles. The van der Waals surface area contributed by atoms with Crippen molar-refractivity contribution in [3.8, 4) is 5.75 Å². The van der Waals surface area contributed by atoms with Crippen molar-refractivity contribution in [3.63, 3.8) is 0 Å². The van der Waals surface area contributed by atoms with Gasteiger partial charge in [-0.1, -0.05) is 69.7 Å². The van der Waals surface area contributed by atoms with Crippen molar-refractivity contribution in [2.45, 2.75) is 102 Å². The highest BCUT2D eigenvalue weighted by molar-refractivity contribution is 5.70. The Balaban J connectivity index is 2.50. The zero-order chi connectivity index (χ0) is 24.3. The summed E-state index contributed by atoms with van der Waals surface area (Å²) in [6.07, 6.45) is 12.7. The van der Waals surface area contributed by atoms with Crippen LogP contribution in [-0.2, 0) is 20.9 Å². The van der Waals surface area contributed by atoms with E-state index >= 15 is 0 Å². The third kappa shape index (κ3) is 13.9. The summed E-state index contributed by atoms with van der Waals surface area (Å²) >= 11 is 0. The SMILES string of the molecule is C=C[C@@H](O)CC(=O)O[C@H](CCCCCCCCC)CC[C@H](C=C)OCc1ccc(OC)cc1. The molecule has 0 aliphatic heterocycles. The van der Waals surface area contributed by atoms with Gasteiger partial charge in [0.2, 0.25) is 0 Å². The molecule has 0 fully saturated rings. The molecule has 0 saturated carbocycles. The van der Waals surface area contributed by atoms with Crippen molar-refractivity contribution in [2.75, 3.05) is 7.11 Å². The quantitative estimate of drug-likeness (QED) is 0.136. The van der Waals surface area contributed by atoms with E-state index in [1.807, 2.05) is 24.3 Å². The van der Waals surface area contributed by atoms with Crippen LogP contribution in [0.15, 0.2) is 49.6 Å². The van der Waals surface area contributed by atoms with Crippen LogP contribution in [0.4, 0.5) is 0 Å². The number of esters is 1. The minimum Gasteiger partial charge on any atom is -0.497 e. The van der Waals surface area contributed by atoms with Crippen LogP contribution in [0.2, 0.25) is 0 Å². The maximum Gasteiger partial charge on any atom is 0.309 e. The molecule has 0 aromatic heterocycles. The lowest BCUT2D eigenvalue weighted by molar-refractivity contribution is -0.151. The number of aliphatic hydroxyl groups excluding tert-OH is 1. The molecule has 1 aromatic carbocycles. The maximum absolute atomic E-state index is 12.2. The lowest BCUT2D eigenvalue weighted by Crippen LogP contribution is -2.23. The molecule has 1 N–H and O–H groups in total. The maximum atomic E-state index is 12.2. The van der Waals surface area contributed by atoms with Crippen molar-refractivity contribution >= 4 is 5.97 Å². The highest BCUT2D eigenvalue weighted by Gasteiger charge is 2.18. The highest BCUT2D eigenvalue weighted by Crippen LogP contribution is 2.19. The summed E-state index contributed by atoms with van der Waals surface area (Å²) in [4.78, 5) is 12.2. The van der Waals surface area contributed by atoms with Crippen LogP contribution in [0.3, 0.4) is 0 Å². The molecule has 3 atom stereocenters. The summed E-state index contributed by atoms with van der Waals surface area (Å²) < 4.78 is 16.9. The van der Waals surface area contributed by atoms with Gasteiger partial charge in [-0.2, -0.15) is 0 Å². The van der Waals surface area contributed by atoms with Gasteiger partial charge in [0.25, 0.3) is 0 Å². The number of hydrogen-bond acceptors (Lipinski definition) is 5. The van der Waals surface area contributed by atoms with E-state index in [9.17, 15) is 9.90 Å². The summed E-state index contributed by atoms with van der Waals surface area (Å²) in [6.45, 7) is 10.1. The van der Waals surface area contributed by atoms with Crippen molar-refractivity contribution in [2.24, 2.45) is 0 Å². The van der Waals surface area contributed by atoms with Crippen LogP contribution in [0, 0.1) is 0 Å². The lowest BCUT2D eigenvalue weighted by atomic mass is 10.0. The van der Waals surface area contributed by atoms with Crippen molar-refractivity contribution < 1.29 is 24.1 Å². The van der Waals surface area contributed by atoms with Crippen molar-refractivity contribution in [3.05, 3.63) is 55.1 Å². The van der Waals surface area contributed by atoms with E-state index in [1.54, 1.807) is 13.2 Å². The average Bonchev–Trinajstić information content (AvgIpc) is 2.83. The molecular formula is C28H44O5. The van der Waals surface area contributed by atoms with E-state index in [-0.39, 0.29) is 24.6 Å². The average molecular weight is 461 g/mol. The molecule has 5 heteroatoms. The number of rotatable bonds is 20. The molecule has 0 saturated heterocycles. The van der Waals surface area contributed by atoms with E-state index in [4.69, 9.17) is 14.2 Å². The first-order valence-corrected chi connectivity index (χ1v) is 12.4. The van der Waals surface area contributed by atoms with Gasteiger partial charge in [-0.3, -0.25) is 4.79 Å². The van der Waals surface area contributed by atoms with Gasteiger partial charge in [0.05, 0.1) is 32.3 Å². The van der Waals surface area contributed by atoms with Crippen LogP contribution in [0.5, 0.6) is 5.75 Å². The molecule has 0 aliphatic carbocycles. The fourth-order valence-electron chi connectivity index (χ4n) is 3.62. The van der Waals surface area contributed by atoms with Gasteiger partial charge in [-0.05, 0) is 43.4 Å². The Bertz CT molecular complexity index is 655. The zero-order valence-electron chi connectivity index (χ0n) is 20.7. The van der Waals surface area contributed by atoms with Crippen LogP contribution >= 0.6 is 0 Å². The Morgan fingerprint density at radius 1 is 0.970 bits per heavy atom. The van der Waals surface area contributed by atoms with Crippen molar-refractivity contribution in [1.29, 1.82) is 0 Å². The van der Waals surface area contributed by atoms with E-state index in [0.29, 0.717) is 13.0 Å². The van der Waals surface area contributed by atoms with Gasteiger partial charge in [-0.15, -0.1) is 13.2 Å². The normalized spacial score (nSPS) is 13.7. The summed E-state index contributed by atoms with van der Waals surface area (Å²) in [7, 11) is 1.65. The topological polar surface area (TPSA) is 65.0 Å². The molecule has 1 aromatic rings. The van der Waals surface area contributed by atoms with Crippen LogP contribution in [0.25, 0.3) is 0 Å². The van der Waals surface area contributed by atoms with Crippen molar-refractivity contribution in [1.82, 2.24) is 0 Å². The summed E-state index contributed by atoms with van der Waals surface area (Å²) in [5.74, 6) is 0.431. The Morgan fingerprint density at radius 2 is 1.64 bits per heavy atom. The Kier molecular flexibility index (Phi) is 16.1. The van der Waals surface area contributed by atoms with E-state index in [1.165, 1.54) is 38.2 Å². The second kappa shape index (κ2) is 18.3. The number of unbranched alkanes of at least 4 members (excludes halogenated alkanes) is 6. The number of methoxy groups -OCH3 is 1. The molecule has 1 rings (SSSR count). The molecular weight excluding hydrogens is 416 g/mol. The van der Waals surface area contributed by atoms with Crippen LogP contribution < -0.4 is 4.74 Å². The standard InChI is InChI=1S/C28H44O5/c1-5-8-9-10-11-12-13-14-27(33-28(30)21-24(29)6-2)20-19-25(7-3)32-22-23-15-17-26(31-4)18-16-23/h6-7,15-18,24-25,27,29H,2-3,5,8-14,19-22H2,1,4H3/t24-,25+,27-/m1/s1. The Morgan fingerprint density at radius 3 is 2.24 bits per heavy atom. The van der Waals surface area contributed by atoms with Crippen LogP contribution in [-0.4, -0.2) is 36.5 Å². The number of benzene rings is 1. The van der Waals surface area contributed by atoms with Gasteiger partial charge in [0, 0.05) is 0 Å². The minimum absolute atomic E-state index is 0.0596. The van der Waals surface area contributed by atoms with Gasteiger partial charge >= 0.3 is 5.97 Å². The molecule has 0 aliphatic rings. The number of aliphatic hydroxyl groups is 1. The fraction of sp³-hybridized carbons (Fsp3) is 0.607. The molecule has 0 unspecified atom stereocenters. The molecule has 186 valence electrons. The second-order valence-corrected chi connectivity index (χ2v) is 8.54. The minimum atomic E-state index is -0.870. The third-order valence-electron chi connectivity index (χ3n) is 5.73. The van der Waals surface area contributed by atoms with Gasteiger partial charge in [-0.25, -0.2) is 0 Å². The molecule has 5 nitrogen and oxygen atoms in total. The fourth-order valence-corrected chi connectivity index (χ4v) is 3.62. The predicted molar refractivity (Wildman–Crippen MR) is 134 cm³/mol. The smallest absolute Gasteiger partial charge is 0.309 e. The summed E-state index contributed by atoms with van der Waals surface area (Å²) in [5, 5.41) is 9.67. The molecule has 0 bridgehead atoms. The number of ether oxygens (including phenoxy) is 3. The van der Waals surface area contributed by atoms with Gasteiger partial charge in [0.15, 0.2) is 0 Å².